The Morgan fingerprint density at radius 3 is 2.70 bits per heavy atom. The number of furan rings is 1. The van der Waals surface area contributed by atoms with Crippen LogP contribution in [-0.4, -0.2) is 35.5 Å². The molecule has 0 aliphatic carbocycles. The Morgan fingerprint density at radius 2 is 2.15 bits per heavy atom. The van der Waals surface area contributed by atoms with Crippen LogP contribution in [-0.2, 0) is 9.59 Å². The molecule has 20 heavy (non-hydrogen) atoms. The summed E-state index contributed by atoms with van der Waals surface area (Å²) in [5.41, 5.74) is 0.375. The molecule has 0 saturated heterocycles. The molecule has 1 unspecified atom stereocenters. The molecule has 1 heterocycles. The molecule has 2 amide bonds. The van der Waals surface area contributed by atoms with Crippen LogP contribution in [0.2, 0.25) is 0 Å². The zero-order chi connectivity index (χ0) is 15.0. The van der Waals surface area contributed by atoms with Gasteiger partial charge in [0.15, 0.2) is 0 Å². The van der Waals surface area contributed by atoms with Crippen molar-refractivity contribution in [1.82, 2.24) is 10.6 Å². The molecule has 1 rings (SSSR count). The minimum absolute atomic E-state index is 0.0249. The second-order valence-corrected chi connectivity index (χ2v) is 4.26. The summed E-state index contributed by atoms with van der Waals surface area (Å²) in [6, 6.07) is 0.633. The normalized spacial score (nSPS) is 11.7. The number of amides is 2. The molecular formula is C13H18N2O5. The van der Waals surface area contributed by atoms with E-state index < -0.39 is 17.9 Å². The lowest BCUT2D eigenvalue weighted by molar-refractivity contribution is -0.142. The summed E-state index contributed by atoms with van der Waals surface area (Å²) in [5.74, 6) is -1.80. The van der Waals surface area contributed by atoms with Crippen molar-refractivity contribution in [3.63, 3.8) is 0 Å². The molecule has 0 spiro atoms. The fraction of sp³-hybridized carbons (Fsp3) is 0.462. The number of aliphatic carboxylic acids is 1. The van der Waals surface area contributed by atoms with Crippen molar-refractivity contribution in [3.8, 4) is 0 Å². The summed E-state index contributed by atoms with van der Waals surface area (Å²) in [4.78, 5) is 33.9. The zero-order valence-electron chi connectivity index (χ0n) is 11.2. The summed E-state index contributed by atoms with van der Waals surface area (Å²) >= 11 is 0. The predicted octanol–water partition coefficient (Wildman–Crippen LogP) is 0.769. The van der Waals surface area contributed by atoms with E-state index >= 15 is 0 Å². The summed E-state index contributed by atoms with van der Waals surface area (Å²) in [5, 5.41) is 13.9. The molecular weight excluding hydrogens is 264 g/mol. The zero-order valence-corrected chi connectivity index (χ0v) is 11.2. The molecule has 110 valence electrons. The van der Waals surface area contributed by atoms with Gasteiger partial charge in [-0.05, 0) is 12.5 Å². The van der Waals surface area contributed by atoms with Gasteiger partial charge in [0.1, 0.15) is 12.3 Å². The van der Waals surface area contributed by atoms with Gasteiger partial charge in [0, 0.05) is 13.0 Å². The van der Waals surface area contributed by atoms with E-state index in [9.17, 15) is 14.4 Å². The molecule has 0 saturated carbocycles. The second-order valence-electron chi connectivity index (χ2n) is 4.26. The summed E-state index contributed by atoms with van der Waals surface area (Å²) < 4.78 is 4.76. The number of carbonyl (C=O) groups is 3. The van der Waals surface area contributed by atoms with E-state index in [2.05, 4.69) is 10.6 Å². The number of carboxylic acid groups (broad SMARTS) is 1. The van der Waals surface area contributed by atoms with Crippen LogP contribution in [0.1, 0.15) is 36.5 Å². The van der Waals surface area contributed by atoms with Gasteiger partial charge < -0.3 is 20.2 Å². The Balaban J connectivity index is 2.29. The second kappa shape index (κ2) is 7.98. The Bertz CT molecular complexity index is 455. The highest BCUT2D eigenvalue weighted by Crippen LogP contribution is 1.99. The fourth-order valence-electron chi connectivity index (χ4n) is 1.60. The minimum Gasteiger partial charge on any atom is -0.480 e. The molecule has 3 N–H and O–H groups in total. The topological polar surface area (TPSA) is 109 Å². The van der Waals surface area contributed by atoms with E-state index in [-0.39, 0.29) is 18.9 Å². The molecule has 0 bridgehead atoms. The molecule has 0 aromatic carbocycles. The Hall–Kier alpha value is -2.31. The summed E-state index contributed by atoms with van der Waals surface area (Å²) in [7, 11) is 0. The Kier molecular flexibility index (Phi) is 6.28. The number of hydrogen-bond donors (Lipinski definition) is 3. The van der Waals surface area contributed by atoms with Crippen molar-refractivity contribution < 1.29 is 23.9 Å². The van der Waals surface area contributed by atoms with E-state index in [1.54, 1.807) is 0 Å². The van der Waals surface area contributed by atoms with Crippen molar-refractivity contribution in [2.75, 3.05) is 6.54 Å². The number of rotatable bonds is 8. The molecule has 0 aliphatic rings. The van der Waals surface area contributed by atoms with Gasteiger partial charge >= 0.3 is 5.97 Å². The first-order valence-electron chi connectivity index (χ1n) is 6.37. The summed E-state index contributed by atoms with van der Waals surface area (Å²) in [6.07, 6.45) is 3.74. The van der Waals surface area contributed by atoms with Gasteiger partial charge in [-0.3, -0.25) is 9.59 Å². The highest BCUT2D eigenvalue weighted by molar-refractivity contribution is 5.94. The molecule has 7 nitrogen and oxygen atoms in total. The monoisotopic (exact) mass is 282 g/mol. The van der Waals surface area contributed by atoms with Gasteiger partial charge in [-0.2, -0.15) is 0 Å². The molecule has 0 aliphatic heterocycles. The maximum absolute atomic E-state index is 11.6. The Morgan fingerprint density at radius 1 is 1.40 bits per heavy atom. The smallest absolute Gasteiger partial charge is 0.326 e. The molecule has 1 aromatic heterocycles. The predicted molar refractivity (Wildman–Crippen MR) is 70.1 cm³/mol. The highest BCUT2D eigenvalue weighted by atomic mass is 16.4. The van der Waals surface area contributed by atoms with Crippen molar-refractivity contribution in [2.45, 2.75) is 32.2 Å². The average Bonchev–Trinajstić information content (AvgIpc) is 2.91. The summed E-state index contributed by atoms with van der Waals surface area (Å²) in [6.45, 7) is 1.97. The third-order valence-electron chi connectivity index (χ3n) is 2.63. The van der Waals surface area contributed by atoms with Crippen LogP contribution in [0.25, 0.3) is 0 Å². The van der Waals surface area contributed by atoms with Crippen molar-refractivity contribution in [3.05, 3.63) is 24.2 Å². The molecule has 1 aromatic rings. The first-order valence-corrected chi connectivity index (χ1v) is 6.37. The average molecular weight is 282 g/mol. The number of hydrogen-bond acceptors (Lipinski definition) is 4. The van der Waals surface area contributed by atoms with Crippen LogP contribution in [0.4, 0.5) is 0 Å². The van der Waals surface area contributed by atoms with Crippen LogP contribution in [0.3, 0.4) is 0 Å². The lowest BCUT2D eigenvalue weighted by Gasteiger charge is -2.13. The van der Waals surface area contributed by atoms with E-state index in [0.717, 1.165) is 0 Å². The van der Waals surface area contributed by atoms with Gasteiger partial charge in [-0.25, -0.2) is 4.79 Å². The minimum atomic E-state index is -1.05. The van der Waals surface area contributed by atoms with Crippen LogP contribution in [0, 0.1) is 0 Å². The first kappa shape index (κ1) is 15.7. The third kappa shape index (κ3) is 5.13. The molecule has 0 radical (unpaired) electrons. The first-order chi connectivity index (χ1) is 9.54. The van der Waals surface area contributed by atoms with Crippen LogP contribution in [0.5, 0.6) is 0 Å². The van der Waals surface area contributed by atoms with E-state index in [4.69, 9.17) is 9.52 Å². The lowest BCUT2D eigenvalue weighted by Crippen LogP contribution is -2.41. The van der Waals surface area contributed by atoms with E-state index in [1.807, 2.05) is 6.92 Å². The van der Waals surface area contributed by atoms with Crippen molar-refractivity contribution >= 4 is 17.8 Å². The fourth-order valence-corrected chi connectivity index (χ4v) is 1.60. The van der Waals surface area contributed by atoms with Crippen LogP contribution < -0.4 is 10.6 Å². The SMILES string of the molecule is CCCC(NC(=O)CCNC(=O)c1ccoc1)C(=O)O. The maximum atomic E-state index is 11.6. The van der Waals surface area contributed by atoms with Crippen LogP contribution in [0.15, 0.2) is 23.0 Å². The van der Waals surface area contributed by atoms with E-state index in [1.165, 1.54) is 18.6 Å². The largest absolute Gasteiger partial charge is 0.480 e. The molecule has 0 fully saturated rings. The number of carboxylic acids is 1. The number of carbonyl (C=O) groups excluding carboxylic acids is 2. The van der Waals surface area contributed by atoms with Gasteiger partial charge in [0.25, 0.3) is 5.91 Å². The molecule has 7 heteroatoms. The Labute approximate surface area is 116 Å². The maximum Gasteiger partial charge on any atom is 0.326 e. The number of nitrogens with one attached hydrogen (secondary N) is 2. The van der Waals surface area contributed by atoms with Crippen molar-refractivity contribution in [1.29, 1.82) is 0 Å². The van der Waals surface area contributed by atoms with Gasteiger partial charge in [0.2, 0.25) is 5.91 Å². The lowest BCUT2D eigenvalue weighted by atomic mass is 10.1. The van der Waals surface area contributed by atoms with Crippen molar-refractivity contribution in [2.24, 2.45) is 0 Å². The molecule has 1 atom stereocenters. The van der Waals surface area contributed by atoms with Gasteiger partial charge in [-0.15, -0.1) is 0 Å². The van der Waals surface area contributed by atoms with Gasteiger partial charge in [0.05, 0.1) is 11.8 Å². The van der Waals surface area contributed by atoms with E-state index in [0.29, 0.717) is 18.4 Å². The standard InChI is InChI=1S/C13H18N2O5/c1-2-3-10(13(18)19)15-11(16)4-6-14-12(17)9-5-7-20-8-9/h5,7-8,10H,2-4,6H2,1H3,(H,14,17)(H,15,16)(H,18,19). The third-order valence-corrected chi connectivity index (χ3v) is 2.63. The van der Waals surface area contributed by atoms with Crippen LogP contribution >= 0.6 is 0 Å². The highest BCUT2D eigenvalue weighted by Gasteiger charge is 2.18. The van der Waals surface area contributed by atoms with Gasteiger partial charge in [-0.1, -0.05) is 13.3 Å². The quantitative estimate of drug-likeness (QED) is 0.652.